The smallest absolute Gasteiger partial charge is 0.344 e. The Kier molecular flexibility index (Phi) is 5.67. The molecule has 1 aromatic heterocycles. The van der Waals surface area contributed by atoms with Gasteiger partial charge in [-0.2, -0.15) is 0 Å². The van der Waals surface area contributed by atoms with E-state index in [1.54, 1.807) is 36.4 Å². The van der Waals surface area contributed by atoms with Gasteiger partial charge in [-0.05, 0) is 54.4 Å². The molecule has 0 aliphatic carbocycles. The summed E-state index contributed by atoms with van der Waals surface area (Å²) in [5.74, 6) is -0.0407. The van der Waals surface area contributed by atoms with Crippen molar-refractivity contribution in [3.05, 3.63) is 98.9 Å². The Hall–Kier alpha value is -4.46. The number of fused-ring (bicyclic) bond motifs is 1. The van der Waals surface area contributed by atoms with Gasteiger partial charge in [0.05, 0.1) is 10.5 Å². The molecule has 0 atom stereocenters. The molecule has 8 nitrogen and oxygen atoms in total. The molecule has 160 valence electrons. The van der Waals surface area contributed by atoms with E-state index in [0.717, 1.165) is 10.9 Å². The fourth-order valence-corrected chi connectivity index (χ4v) is 3.30. The molecule has 1 heterocycles. The Morgan fingerprint density at radius 1 is 1.03 bits per heavy atom. The highest BCUT2D eigenvalue weighted by Crippen LogP contribution is 2.26. The van der Waals surface area contributed by atoms with E-state index in [4.69, 9.17) is 9.15 Å². The lowest BCUT2D eigenvalue weighted by Crippen LogP contribution is -2.20. The number of carbonyl (C=O) groups is 1. The van der Waals surface area contributed by atoms with E-state index in [0.29, 0.717) is 28.1 Å². The molecule has 32 heavy (non-hydrogen) atoms. The topological polar surface area (TPSA) is 112 Å². The van der Waals surface area contributed by atoms with Crippen LogP contribution in [0.5, 0.6) is 5.75 Å². The van der Waals surface area contributed by atoms with Crippen LogP contribution in [0.4, 0.5) is 11.4 Å². The van der Waals surface area contributed by atoms with Gasteiger partial charge >= 0.3 is 5.63 Å². The predicted octanol–water partition coefficient (Wildman–Crippen LogP) is 4.69. The summed E-state index contributed by atoms with van der Waals surface area (Å²) < 4.78 is 10.8. The first kappa shape index (κ1) is 20.8. The number of hydrogen-bond donors (Lipinski definition) is 1. The molecule has 3 aromatic carbocycles. The molecule has 1 amide bonds. The van der Waals surface area contributed by atoms with Crippen LogP contribution in [0.2, 0.25) is 0 Å². The molecule has 4 rings (SSSR count). The zero-order chi connectivity index (χ0) is 22.7. The van der Waals surface area contributed by atoms with E-state index < -0.39 is 10.5 Å². The van der Waals surface area contributed by atoms with Gasteiger partial charge in [-0.1, -0.05) is 24.3 Å². The summed E-state index contributed by atoms with van der Waals surface area (Å²) in [7, 11) is 0. The number of amides is 1. The number of aryl methyl sites for hydroxylation is 1. The van der Waals surface area contributed by atoms with Crippen LogP contribution >= 0.6 is 0 Å². The van der Waals surface area contributed by atoms with E-state index in [1.807, 2.05) is 19.1 Å². The molecule has 0 bridgehead atoms. The second-order valence-corrected chi connectivity index (χ2v) is 7.10. The Morgan fingerprint density at radius 2 is 1.78 bits per heavy atom. The number of rotatable bonds is 6. The summed E-state index contributed by atoms with van der Waals surface area (Å²) in [5, 5.41) is 14.2. The molecule has 0 spiro atoms. The van der Waals surface area contributed by atoms with Crippen LogP contribution in [0, 0.1) is 17.0 Å². The van der Waals surface area contributed by atoms with Crippen LogP contribution in [0.3, 0.4) is 0 Å². The molecule has 0 aliphatic rings. The number of ether oxygens (including phenoxy) is 1. The first-order chi connectivity index (χ1) is 15.4. The van der Waals surface area contributed by atoms with Crippen molar-refractivity contribution in [2.24, 2.45) is 0 Å². The van der Waals surface area contributed by atoms with Gasteiger partial charge in [0.25, 0.3) is 11.6 Å². The van der Waals surface area contributed by atoms with Crippen LogP contribution in [-0.4, -0.2) is 17.4 Å². The molecule has 0 radical (unpaired) electrons. The van der Waals surface area contributed by atoms with Crippen LogP contribution in [-0.2, 0) is 4.79 Å². The highest BCUT2D eigenvalue weighted by atomic mass is 16.6. The maximum Gasteiger partial charge on any atom is 0.344 e. The molecule has 0 saturated carbocycles. The van der Waals surface area contributed by atoms with Crippen molar-refractivity contribution in [1.29, 1.82) is 0 Å². The number of non-ortho nitro benzene ring substituents is 1. The van der Waals surface area contributed by atoms with Gasteiger partial charge in [0.1, 0.15) is 11.3 Å². The van der Waals surface area contributed by atoms with Crippen molar-refractivity contribution in [3.8, 4) is 16.9 Å². The van der Waals surface area contributed by atoms with Crippen LogP contribution in [0.25, 0.3) is 22.1 Å². The van der Waals surface area contributed by atoms with Crippen LogP contribution < -0.4 is 15.7 Å². The first-order valence-corrected chi connectivity index (χ1v) is 9.72. The van der Waals surface area contributed by atoms with Crippen molar-refractivity contribution >= 4 is 28.3 Å². The fraction of sp³-hybridized carbons (Fsp3) is 0.0833. The lowest BCUT2D eigenvalue weighted by Gasteiger charge is -2.11. The van der Waals surface area contributed by atoms with Crippen molar-refractivity contribution in [3.63, 3.8) is 0 Å². The number of nitrogens with one attached hydrogen (secondary N) is 1. The number of para-hydroxylation sites is 1. The maximum atomic E-state index is 12.4. The first-order valence-electron chi connectivity index (χ1n) is 9.72. The summed E-state index contributed by atoms with van der Waals surface area (Å²) >= 11 is 0. The third-order valence-corrected chi connectivity index (χ3v) is 4.86. The minimum atomic E-state index is -0.510. The Labute approximate surface area is 182 Å². The number of carbonyl (C=O) groups excluding carboxylic acids is 1. The number of nitro benzene ring substituents is 1. The van der Waals surface area contributed by atoms with Gasteiger partial charge in [0.15, 0.2) is 6.61 Å². The van der Waals surface area contributed by atoms with Crippen molar-refractivity contribution in [2.45, 2.75) is 6.92 Å². The minimum Gasteiger partial charge on any atom is -0.484 e. The Bertz CT molecular complexity index is 1380. The maximum absolute atomic E-state index is 12.4. The molecule has 8 heteroatoms. The third kappa shape index (κ3) is 4.49. The Balaban J connectivity index is 1.45. The average Bonchev–Trinajstić information content (AvgIpc) is 2.78. The van der Waals surface area contributed by atoms with Crippen LogP contribution in [0.15, 0.2) is 82.0 Å². The second-order valence-electron chi connectivity index (χ2n) is 7.10. The zero-order valence-corrected chi connectivity index (χ0v) is 17.0. The van der Waals surface area contributed by atoms with Gasteiger partial charge < -0.3 is 14.5 Å². The quantitative estimate of drug-likeness (QED) is 0.270. The highest BCUT2D eigenvalue weighted by Gasteiger charge is 2.12. The Morgan fingerprint density at radius 3 is 2.50 bits per heavy atom. The molecule has 0 aliphatic heterocycles. The lowest BCUT2D eigenvalue weighted by atomic mass is 10.0. The number of benzene rings is 3. The van der Waals surface area contributed by atoms with E-state index in [2.05, 4.69) is 5.32 Å². The minimum absolute atomic E-state index is 0.0576. The van der Waals surface area contributed by atoms with Crippen LogP contribution in [0.1, 0.15) is 5.56 Å². The van der Waals surface area contributed by atoms with E-state index in [1.165, 1.54) is 24.3 Å². The fourth-order valence-electron chi connectivity index (χ4n) is 3.30. The summed E-state index contributed by atoms with van der Waals surface area (Å²) in [6, 6.07) is 19.8. The molecular weight excluding hydrogens is 412 g/mol. The summed E-state index contributed by atoms with van der Waals surface area (Å²) in [5.41, 5.74) is 2.54. The molecular formula is C24H18N2O6. The normalized spacial score (nSPS) is 10.7. The monoisotopic (exact) mass is 430 g/mol. The van der Waals surface area contributed by atoms with Gasteiger partial charge in [-0.15, -0.1) is 0 Å². The number of nitrogens with zero attached hydrogens (tertiary/aromatic N) is 1. The molecule has 0 unspecified atom stereocenters. The lowest BCUT2D eigenvalue weighted by molar-refractivity contribution is -0.384. The highest BCUT2D eigenvalue weighted by molar-refractivity contribution is 5.92. The van der Waals surface area contributed by atoms with Crippen molar-refractivity contribution in [2.75, 3.05) is 11.9 Å². The average molecular weight is 430 g/mol. The third-order valence-electron chi connectivity index (χ3n) is 4.86. The summed E-state index contributed by atoms with van der Waals surface area (Å²) in [6.45, 7) is 1.58. The van der Waals surface area contributed by atoms with Gasteiger partial charge in [0, 0.05) is 23.2 Å². The predicted molar refractivity (Wildman–Crippen MR) is 120 cm³/mol. The second kappa shape index (κ2) is 8.73. The van der Waals surface area contributed by atoms with E-state index >= 15 is 0 Å². The van der Waals surface area contributed by atoms with Gasteiger partial charge in [-0.3, -0.25) is 14.9 Å². The summed E-state index contributed by atoms with van der Waals surface area (Å²) in [4.78, 5) is 34.8. The molecule has 4 aromatic rings. The van der Waals surface area contributed by atoms with Crippen molar-refractivity contribution in [1.82, 2.24) is 0 Å². The molecule has 1 N–H and O–H groups in total. The number of hydrogen-bond acceptors (Lipinski definition) is 6. The summed E-state index contributed by atoms with van der Waals surface area (Å²) in [6.07, 6.45) is 0. The number of anilines is 1. The number of nitro groups is 1. The van der Waals surface area contributed by atoms with Gasteiger partial charge in [0.2, 0.25) is 0 Å². The molecule has 0 fully saturated rings. The largest absolute Gasteiger partial charge is 0.484 e. The zero-order valence-electron chi connectivity index (χ0n) is 17.0. The SMILES string of the molecule is Cc1cc(NC(=O)COc2ccc([N+](=O)[O-])cc2)ccc1-c1cc2ccccc2oc1=O. The van der Waals surface area contributed by atoms with Crippen molar-refractivity contribution < 1.29 is 18.9 Å². The molecule has 0 saturated heterocycles. The van der Waals surface area contributed by atoms with E-state index in [-0.39, 0.29) is 18.2 Å². The van der Waals surface area contributed by atoms with Gasteiger partial charge in [-0.25, -0.2) is 4.79 Å². The standard InChI is InChI=1S/C24H18N2O6/c1-15-12-17(25-23(27)14-31-19-9-7-18(8-10-19)26(29)30)6-11-20(15)21-13-16-4-2-3-5-22(16)32-24(21)28/h2-13H,14H2,1H3,(H,25,27). The van der Waals surface area contributed by atoms with E-state index in [9.17, 15) is 19.7 Å².